The summed E-state index contributed by atoms with van der Waals surface area (Å²) in [6.45, 7) is 0.893. The third-order valence-corrected chi connectivity index (χ3v) is 2.03. The third kappa shape index (κ3) is 3.01. The molecule has 3 heteroatoms. The average molecular weight is 244 g/mol. The van der Waals surface area contributed by atoms with Gasteiger partial charge in [0.2, 0.25) is 0 Å². The van der Waals surface area contributed by atoms with Crippen LogP contribution in [0.25, 0.3) is 0 Å². The molecule has 13 heavy (non-hydrogen) atoms. The second kappa shape index (κ2) is 5.25. The molecular weight excluding hydrogens is 230 g/mol. The fourth-order valence-corrected chi connectivity index (χ4v) is 1.41. The number of nitrogens with one attached hydrogen (secondary N) is 1. The van der Waals surface area contributed by atoms with Gasteiger partial charge in [-0.05, 0) is 25.0 Å². The van der Waals surface area contributed by atoms with Crippen LogP contribution in [0.2, 0.25) is 0 Å². The predicted molar refractivity (Wildman–Crippen MR) is 59.4 cm³/mol. The average Bonchev–Trinajstić information content (AvgIpc) is 2.59. The van der Waals surface area contributed by atoms with Crippen molar-refractivity contribution in [1.29, 1.82) is 0 Å². The molecule has 1 heterocycles. The van der Waals surface area contributed by atoms with Crippen molar-refractivity contribution in [3.05, 3.63) is 30.3 Å². The molecule has 0 amide bonds. The maximum absolute atomic E-state index is 5.45. The topological polar surface area (TPSA) is 21.3 Å². The maximum atomic E-state index is 5.45. The Bertz CT molecular complexity index is 234. The number of ether oxygens (including phenoxy) is 1. The monoisotopic (exact) mass is 243 g/mol. The second-order valence-electron chi connectivity index (χ2n) is 3.01. The van der Waals surface area contributed by atoms with Crippen LogP contribution >= 0.6 is 17.0 Å². The van der Waals surface area contributed by atoms with Gasteiger partial charge in [0.15, 0.2) is 0 Å². The van der Waals surface area contributed by atoms with Gasteiger partial charge in [-0.15, -0.1) is 17.0 Å². The van der Waals surface area contributed by atoms with Crippen molar-refractivity contribution < 1.29 is 4.74 Å². The van der Waals surface area contributed by atoms with Gasteiger partial charge >= 0.3 is 0 Å². The van der Waals surface area contributed by atoms with E-state index in [-0.39, 0.29) is 23.2 Å². The number of anilines is 1. The van der Waals surface area contributed by atoms with Gasteiger partial charge in [-0.1, -0.05) is 18.2 Å². The fourth-order valence-electron chi connectivity index (χ4n) is 1.41. The minimum absolute atomic E-state index is 0. The lowest BCUT2D eigenvalue weighted by Crippen LogP contribution is -2.16. The zero-order valence-electron chi connectivity index (χ0n) is 7.40. The van der Waals surface area contributed by atoms with Crippen molar-refractivity contribution in [1.82, 2.24) is 0 Å². The van der Waals surface area contributed by atoms with E-state index in [2.05, 4.69) is 17.4 Å². The first kappa shape index (κ1) is 10.5. The van der Waals surface area contributed by atoms with Gasteiger partial charge in [0.05, 0.1) is 0 Å². The van der Waals surface area contributed by atoms with E-state index >= 15 is 0 Å². The SMILES string of the molecule is Br.c1ccc(NC2CCCO2)cc1. The minimum Gasteiger partial charge on any atom is -0.360 e. The van der Waals surface area contributed by atoms with Gasteiger partial charge in [-0.3, -0.25) is 0 Å². The number of rotatable bonds is 2. The van der Waals surface area contributed by atoms with Gasteiger partial charge in [0.25, 0.3) is 0 Å². The van der Waals surface area contributed by atoms with E-state index in [1.54, 1.807) is 0 Å². The zero-order valence-corrected chi connectivity index (χ0v) is 9.11. The van der Waals surface area contributed by atoms with E-state index in [0.29, 0.717) is 0 Å². The number of hydrogen-bond acceptors (Lipinski definition) is 2. The van der Waals surface area contributed by atoms with Gasteiger partial charge in [-0.2, -0.15) is 0 Å². The Labute approximate surface area is 89.1 Å². The summed E-state index contributed by atoms with van der Waals surface area (Å²) < 4.78 is 5.45. The quantitative estimate of drug-likeness (QED) is 0.863. The largest absolute Gasteiger partial charge is 0.360 e. The molecule has 1 aliphatic rings. The third-order valence-electron chi connectivity index (χ3n) is 2.03. The molecular formula is C10H14BrNO. The first-order chi connectivity index (χ1) is 5.95. The minimum atomic E-state index is 0. The van der Waals surface area contributed by atoms with Crippen molar-refractivity contribution in [3.8, 4) is 0 Å². The Morgan fingerprint density at radius 3 is 2.62 bits per heavy atom. The predicted octanol–water partition coefficient (Wildman–Crippen LogP) is 2.81. The number of hydrogen-bond donors (Lipinski definition) is 1. The molecule has 1 saturated heterocycles. The molecule has 0 saturated carbocycles. The molecule has 1 N–H and O–H groups in total. The highest BCUT2D eigenvalue weighted by Gasteiger charge is 2.13. The van der Waals surface area contributed by atoms with Crippen LogP contribution in [-0.4, -0.2) is 12.8 Å². The molecule has 2 rings (SSSR count). The van der Waals surface area contributed by atoms with Crippen LogP contribution in [-0.2, 0) is 4.74 Å². The van der Waals surface area contributed by atoms with Gasteiger partial charge in [0, 0.05) is 12.3 Å². The van der Waals surface area contributed by atoms with E-state index in [1.807, 2.05) is 18.2 Å². The van der Waals surface area contributed by atoms with Crippen molar-refractivity contribution in [2.75, 3.05) is 11.9 Å². The maximum Gasteiger partial charge on any atom is 0.127 e. The lowest BCUT2D eigenvalue weighted by molar-refractivity contribution is 0.132. The Morgan fingerprint density at radius 2 is 2.00 bits per heavy atom. The summed E-state index contributed by atoms with van der Waals surface area (Å²) in [7, 11) is 0. The highest BCUT2D eigenvalue weighted by molar-refractivity contribution is 8.93. The van der Waals surface area contributed by atoms with Crippen LogP contribution in [0.4, 0.5) is 5.69 Å². The van der Waals surface area contributed by atoms with Crippen LogP contribution in [0.3, 0.4) is 0 Å². The van der Waals surface area contributed by atoms with Crippen LogP contribution in [0.15, 0.2) is 30.3 Å². The highest BCUT2D eigenvalue weighted by Crippen LogP contribution is 2.15. The standard InChI is InChI=1S/C10H13NO.BrH/c1-2-5-9(6-3-1)11-10-7-4-8-12-10;/h1-3,5-6,10-11H,4,7-8H2;1H. The second-order valence-corrected chi connectivity index (χ2v) is 3.01. The summed E-state index contributed by atoms with van der Waals surface area (Å²) in [4.78, 5) is 0. The van der Waals surface area contributed by atoms with Gasteiger partial charge in [0.1, 0.15) is 6.23 Å². The molecule has 0 radical (unpaired) electrons. The fraction of sp³-hybridized carbons (Fsp3) is 0.400. The Kier molecular flexibility index (Phi) is 4.25. The molecule has 0 bridgehead atoms. The molecule has 0 aliphatic carbocycles. The lowest BCUT2D eigenvalue weighted by atomic mass is 10.3. The molecule has 2 nitrogen and oxygen atoms in total. The van der Waals surface area contributed by atoms with E-state index in [9.17, 15) is 0 Å². The van der Waals surface area contributed by atoms with Gasteiger partial charge < -0.3 is 10.1 Å². The summed E-state index contributed by atoms with van der Waals surface area (Å²) in [6.07, 6.45) is 2.52. The first-order valence-electron chi connectivity index (χ1n) is 4.38. The Morgan fingerprint density at radius 1 is 1.23 bits per heavy atom. The van der Waals surface area contributed by atoms with Crippen molar-refractivity contribution in [2.45, 2.75) is 19.1 Å². The van der Waals surface area contributed by atoms with Crippen molar-refractivity contribution in [3.63, 3.8) is 0 Å². The molecule has 72 valence electrons. The van der Waals surface area contributed by atoms with Crippen molar-refractivity contribution in [2.24, 2.45) is 0 Å². The molecule has 1 aromatic carbocycles. The number of benzene rings is 1. The summed E-state index contributed by atoms with van der Waals surface area (Å²) in [5.41, 5.74) is 1.14. The molecule has 0 spiro atoms. The zero-order chi connectivity index (χ0) is 8.23. The summed E-state index contributed by atoms with van der Waals surface area (Å²) in [6, 6.07) is 10.2. The highest BCUT2D eigenvalue weighted by atomic mass is 79.9. The van der Waals surface area contributed by atoms with E-state index < -0.39 is 0 Å². The first-order valence-corrected chi connectivity index (χ1v) is 4.38. The van der Waals surface area contributed by atoms with Crippen LogP contribution in [0.5, 0.6) is 0 Å². The van der Waals surface area contributed by atoms with Crippen LogP contribution in [0, 0.1) is 0 Å². The van der Waals surface area contributed by atoms with E-state index in [4.69, 9.17) is 4.74 Å². The van der Waals surface area contributed by atoms with Crippen LogP contribution in [0.1, 0.15) is 12.8 Å². The van der Waals surface area contributed by atoms with E-state index in [1.165, 1.54) is 6.42 Å². The lowest BCUT2D eigenvalue weighted by Gasteiger charge is -2.12. The number of para-hydroxylation sites is 1. The molecule has 1 fully saturated rings. The summed E-state index contributed by atoms with van der Waals surface area (Å²) in [5.74, 6) is 0. The number of halogens is 1. The molecule has 1 atom stereocenters. The van der Waals surface area contributed by atoms with Crippen molar-refractivity contribution >= 4 is 22.7 Å². The normalized spacial score (nSPS) is 20.8. The smallest absolute Gasteiger partial charge is 0.127 e. The Balaban J connectivity index is 0.000000845. The molecule has 1 aromatic rings. The summed E-state index contributed by atoms with van der Waals surface area (Å²) >= 11 is 0. The Hall–Kier alpha value is -0.540. The molecule has 1 unspecified atom stereocenters. The summed E-state index contributed by atoms with van der Waals surface area (Å²) in [5, 5.41) is 3.32. The molecule has 0 aromatic heterocycles. The van der Waals surface area contributed by atoms with E-state index in [0.717, 1.165) is 18.7 Å². The van der Waals surface area contributed by atoms with Crippen LogP contribution < -0.4 is 5.32 Å². The molecule has 1 aliphatic heterocycles. The van der Waals surface area contributed by atoms with Gasteiger partial charge in [-0.25, -0.2) is 0 Å².